The highest BCUT2D eigenvalue weighted by Crippen LogP contribution is 2.34. The first-order chi connectivity index (χ1) is 7.76. The number of nitrogens with zero attached hydrogens (tertiary/aromatic N) is 3. The van der Waals surface area contributed by atoms with Crippen molar-refractivity contribution in [3.63, 3.8) is 0 Å². The molecule has 0 aliphatic heterocycles. The molecule has 1 aromatic heterocycles. The van der Waals surface area contributed by atoms with Gasteiger partial charge in [-0.05, 0) is 12.1 Å². The minimum absolute atomic E-state index is 0.663. The van der Waals surface area contributed by atoms with Crippen LogP contribution < -0.4 is 10.1 Å². The fourth-order valence-corrected chi connectivity index (χ4v) is 1.59. The van der Waals surface area contributed by atoms with Crippen molar-refractivity contribution in [2.75, 3.05) is 19.5 Å². The van der Waals surface area contributed by atoms with Crippen molar-refractivity contribution >= 4 is 5.69 Å². The summed E-state index contributed by atoms with van der Waals surface area (Å²) in [4.78, 5) is 4.21. The summed E-state index contributed by atoms with van der Waals surface area (Å²) in [6.45, 7) is 0. The lowest BCUT2D eigenvalue weighted by Crippen LogP contribution is -1.97. The maximum atomic E-state index is 5.38. The van der Waals surface area contributed by atoms with Crippen LogP contribution >= 0.6 is 0 Å². The first-order valence-corrected chi connectivity index (χ1v) is 4.97. The Morgan fingerprint density at radius 3 is 2.75 bits per heavy atom. The van der Waals surface area contributed by atoms with E-state index in [0.29, 0.717) is 5.82 Å². The lowest BCUT2D eigenvalue weighted by atomic mass is 10.1. The summed E-state index contributed by atoms with van der Waals surface area (Å²) in [5, 5.41) is 7.34. The highest BCUT2D eigenvalue weighted by atomic mass is 16.5. The van der Waals surface area contributed by atoms with Crippen LogP contribution in [0.4, 0.5) is 5.69 Å². The van der Waals surface area contributed by atoms with Gasteiger partial charge >= 0.3 is 0 Å². The van der Waals surface area contributed by atoms with E-state index in [1.54, 1.807) is 18.1 Å². The van der Waals surface area contributed by atoms with Crippen molar-refractivity contribution < 1.29 is 4.74 Å². The molecular formula is C11H14N4O. The summed E-state index contributed by atoms with van der Waals surface area (Å²) in [5.74, 6) is 1.42. The van der Waals surface area contributed by atoms with Crippen LogP contribution in [0.25, 0.3) is 11.4 Å². The van der Waals surface area contributed by atoms with E-state index in [2.05, 4.69) is 15.4 Å². The third-order valence-corrected chi connectivity index (χ3v) is 2.33. The summed E-state index contributed by atoms with van der Waals surface area (Å²) in [5.41, 5.74) is 1.81. The molecule has 16 heavy (non-hydrogen) atoms. The highest BCUT2D eigenvalue weighted by molar-refractivity contribution is 5.74. The zero-order chi connectivity index (χ0) is 11.5. The zero-order valence-corrected chi connectivity index (χ0v) is 9.56. The van der Waals surface area contributed by atoms with Gasteiger partial charge in [0.25, 0.3) is 0 Å². The van der Waals surface area contributed by atoms with Gasteiger partial charge in [0, 0.05) is 14.1 Å². The van der Waals surface area contributed by atoms with Crippen molar-refractivity contribution in [2.24, 2.45) is 7.05 Å². The number of benzene rings is 1. The number of methoxy groups -OCH3 is 1. The SMILES string of the molecule is CNc1cccc(-c2ncn(C)n2)c1OC. The maximum Gasteiger partial charge on any atom is 0.184 e. The fraction of sp³-hybridized carbons (Fsp3) is 0.273. The minimum Gasteiger partial charge on any atom is -0.494 e. The molecule has 0 unspecified atom stereocenters. The van der Waals surface area contributed by atoms with E-state index in [0.717, 1.165) is 17.0 Å². The van der Waals surface area contributed by atoms with Gasteiger partial charge < -0.3 is 10.1 Å². The molecule has 1 aromatic carbocycles. The molecule has 0 saturated carbocycles. The topological polar surface area (TPSA) is 52.0 Å². The largest absolute Gasteiger partial charge is 0.494 e. The van der Waals surface area contributed by atoms with Crippen LogP contribution in [0.5, 0.6) is 5.75 Å². The van der Waals surface area contributed by atoms with Crippen LogP contribution in [-0.2, 0) is 7.05 Å². The molecule has 0 saturated heterocycles. The van der Waals surface area contributed by atoms with E-state index in [1.165, 1.54) is 0 Å². The van der Waals surface area contributed by atoms with Crippen LogP contribution in [0, 0.1) is 0 Å². The molecule has 0 aliphatic carbocycles. The van der Waals surface area contributed by atoms with E-state index in [4.69, 9.17) is 4.74 Å². The van der Waals surface area contributed by atoms with E-state index < -0.39 is 0 Å². The second kappa shape index (κ2) is 4.22. The van der Waals surface area contributed by atoms with E-state index >= 15 is 0 Å². The Kier molecular flexibility index (Phi) is 2.76. The van der Waals surface area contributed by atoms with Crippen LogP contribution in [0.15, 0.2) is 24.5 Å². The molecule has 0 bridgehead atoms. The summed E-state index contributed by atoms with van der Waals surface area (Å²) in [6.07, 6.45) is 1.67. The average molecular weight is 218 g/mol. The van der Waals surface area contributed by atoms with Gasteiger partial charge in [0.15, 0.2) is 11.6 Å². The number of rotatable bonds is 3. The van der Waals surface area contributed by atoms with Crippen LogP contribution in [0.1, 0.15) is 0 Å². The normalized spacial score (nSPS) is 10.2. The number of para-hydroxylation sites is 1. The van der Waals surface area contributed by atoms with Gasteiger partial charge in [-0.25, -0.2) is 4.98 Å². The molecule has 2 rings (SSSR count). The molecule has 0 atom stereocenters. The Balaban J connectivity index is 2.56. The van der Waals surface area contributed by atoms with Crippen molar-refractivity contribution in [1.82, 2.24) is 14.8 Å². The summed E-state index contributed by atoms with van der Waals surface area (Å²) in [7, 11) is 5.33. The monoisotopic (exact) mass is 218 g/mol. The molecule has 1 N–H and O–H groups in total. The van der Waals surface area contributed by atoms with Crippen LogP contribution in [-0.4, -0.2) is 28.9 Å². The second-order valence-corrected chi connectivity index (χ2v) is 3.38. The summed E-state index contributed by atoms with van der Waals surface area (Å²) < 4.78 is 7.05. The van der Waals surface area contributed by atoms with Crippen molar-refractivity contribution in [1.29, 1.82) is 0 Å². The molecular weight excluding hydrogens is 204 g/mol. The van der Waals surface area contributed by atoms with Crippen molar-refractivity contribution in [2.45, 2.75) is 0 Å². The smallest absolute Gasteiger partial charge is 0.184 e. The molecule has 2 aromatic rings. The first-order valence-electron chi connectivity index (χ1n) is 4.97. The predicted molar refractivity (Wildman–Crippen MR) is 62.5 cm³/mol. The third kappa shape index (κ3) is 1.71. The lowest BCUT2D eigenvalue weighted by Gasteiger charge is -2.10. The Morgan fingerprint density at radius 1 is 1.38 bits per heavy atom. The third-order valence-electron chi connectivity index (χ3n) is 2.33. The van der Waals surface area contributed by atoms with Gasteiger partial charge in [0.05, 0.1) is 18.4 Å². The molecule has 1 heterocycles. The predicted octanol–water partition coefficient (Wildman–Crippen LogP) is 1.53. The number of aromatic nitrogens is 3. The number of hydrogen-bond acceptors (Lipinski definition) is 4. The standard InChI is InChI=1S/C11H14N4O/c1-12-9-6-4-5-8(10(9)16-3)11-13-7-15(2)14-11/h4-7,12H,1-3H3. The molecule has 0 amide bonds. The minimum atomic E-state index is 0.663. The van der Waals surface area contributed by atoms with Crippen molar-refractivity contribution in [3.8, 4) is 17.1 Å². The quantitative estimate of drug-likeness (QED) is 0.848. The van der Waals surface area contributed by atoms with Gasteiger partial charge in [0.2, 0.25) is 0 Å². The number of ether oxygens (including phenoxy) is 1. The van der Waals surface area contributed by atoms with Gasteiger partial charge in [-0.1, -0.05) is 6.07 Å². The summed E-state index contributed by atoms with van der Waals surface area (Å²) in [6, 6.07) is 5.83. The van der Waals surface area contributed by atoms with Gasteiger partial charge in [-0.15, -0.1) is 0 Å². The number of hydrogen-bond donors (Lipinski definition) is 1. The lowest BCUT2D eigenvalue weighted by molar-refractivity contribution is 0.418. The number of nitrogens with one attached hydrogen (secondary N) is 1. The van der Waals surface area contributed by atoms with E-state index in [1.807, 2.05) is 32.3 Å². The van der Waals surface area contributed by atoms with Gasteiger partial charge in [-0.3, -0.25) is 4.68 Å². The molecule has 0 spiro atoms. The highest BCUT2D eigenvalue weighted by Gasteiger charge is 2.12. The van der Waals surface area contributed by atoms with E-state index in [9.17, 15) is 0 Å². The second-order valence-electron chi connectivity index (χ2n) is 3.38. The maximum absolute atomic E-state index is 5.38. The molecule has 0 aliphatic rings. The Hall–Kier alpha value is -2.04. The molecule has 5 nitrogen and oxygen atoms in total. The van der Waals surface area contributed by atoms with Gasteiger partial charge in [0.1, 0.15) is 6.33 Å². The molecule has 0 fully saturated rings. The number of anilines is 1. The average Bonchev–Trinajstić information content (AvgIpc) is 2.74. The molecule has 84 valence electrons. The zero-order valence-electron chi connectivity index (χ0n) is 9.56. The van der Waals surface area contributed by atoms with E-state index in [-0.39, 0.29) is 0 Å². The first kappa shape index (κ1) is 10.5. The van der Waals surface area contributed by atoms with Crippen LogP contribution in [0.3, 0.4) is 0 Å². The van der Waals surface area contributed by atoms with Crippen LogP contribution in [0.2, 0.25) is 0 Å². The molecule has 0 radical (unpaired) electrons. The Labute approximate surface area is 94.1 Å². The Morgan fingerprint density at radius 2 is 2.19 bits per heavy atom. The molecule has 5 heteroatoms. The van der Waals surface area contributed by atoms with Crippen molar-refractivity contribution in [3.05, 3.63) is 24.5 Å². The Bertz CT molecular complexity index is 492. The number of aryl methyl sites for hydroxylation is 1. The fourth-order valence-electron chi connectivity index (χ4n) is 1.59. The van der Waals surface area contributed by atoms with Gasteiger partial charge in [-0.2, -0.15) is 5.10 Å². The summed E-state index contributed by atoms with van der Waals surface area (Å²) >= 11 is 0.